The van der Waals surface area contributed by atoms with Crippen LogP contribution >= 0.6 is 0 Å². The maximum atomic E-state index is 2.60. The molecular weight excluding hydrogens is 264 g/mol. The van der Waals surface area contributed by atoms with Crippen molar-refractivity contribution >= 4 is 24.2 Å². The molecule has 0 atom stereocenters. The SMILES string of the molecule is C[Si](C)(C)C1=CCCC([Si](C)(C)C)=C1[Si](C)(C)C. The smallest absolute Gasteiger partial charge is 0.0770 e. The van der Waals surface area contributed by atoms with Crippen LogP contribution in [0.15, 0.2) is 21.7 Å². The topological polar surface area (TPSA) is 0 Å². The Balaban J connectivity index is 3.49. The van der Waals surface area contributed by atoms with E-state index in [4.69, 9.17) is 0 Å². The lowest BCUT2D eigenvalue weighted by molar-refractivity contribution is 0.986. The van der Waals surface area contributed by atoms with Crippen LogP contribution in [-0.2, 0) is 0 Å². The second-order valence-corrected chi connectivity index (χ2v) is 23.9. The summed E-state index contributed by atoms with van der Waals surface area (Å²) in [5.74, 6) is 0. The van der Waals surface area contributed by atoms with Crippen LogP contribution in [0.2, 0.25) is 58.9 Å². The van der Waals surface area contributed by atoms with E-state index in [-0.39, 0.29) is 0 Å². The highest BCUT2D eigenvalue weighted by Crippen LogP contribution is 2.40. The molecule has 1 aliphatic rings. The van der Waals surface area contributed by atoms with E-state index in [1.54, 1.807) is 0 Å². The van der Waals surface area contributed by atoms with Crippen molar-refractivity contribution in [1.29, 1.82) is 0 Å². The molecule has 0 aliphatic heterocycles. The first-order valence-electron chi connectivity index (χ1n) is 7.30. The molecule has 0 saturated carbocycles. The molecule has 0 unspecified atom stereocenters. The summed E-state index contributed by atoms with van der Waals surface area (Å²) < 4.78 is 0. The summed E-state index contributed by atoms with van der Waals surface area (Å²) in [6.45, 7) is 22.8. The van der Waals surface area contributed by atoms with Crippen LogP contribution in [0.1, 0.15) is 12.8 Å². The van der Waals surface area contributed by atoms with Crippen LogP contribution in [0.4, 0.5) is 0 Å². The molecule has 3 heteroatoms. The van der Waals surface area contributed by atoms with Gasteiger partial charge >= 0.3 is 0 Å². The normalized spacial score (nSPS) is 19.1. The molecule has 1 aliphatic carbocycles. The minimum atomic E-state index is -1.22. The lowest BCUT2D eigenvalue weighted by atomic mass is 10.2. The van der Waals surface area contributed by atoms with Gasteiger partial charge in [0.2, 0.25) is 0 Å². The van der Waals surface area contributed by atoms with E-state index in [9.17, 15) is 0 Å². The van der Waals surface area contributed by atoms with Crippen molar-refractivity contribution < 1.29 is 0 Å². The summed E-state index contributed by atoms with van der Waals surface area (Å²) in [5.41, 5.74) is 0. The zero-order chi connectivity index (χ0) is 14.4. The summed E-state index contributed by atoms with van der Waals surface area (Å²) in [6, 6.07) is 0. The zero-order valence-corrected chi connectivity index (χ0v) is 17.0. The Morgan fingerprint density at radius 3 is 1.56 bits per heavy atom. The Kier molecular flexibility index (Phi) is 4.41. The summed E-state index contributed by atoms with van der Waals surface area (Å²) >= 11 is 0. The van der Waals surface area contributed by atoms with Gasteiger partial charge in [-0.3, -0.25) is 0 Å². The minimum absolute atomic E-state index is 1.15. The molecule has 0 aromatic rings. The van der Waals surface area contributed by atoms with Crippen LogP contribution in [-0.4, -0.2) is 24.2 Å². The standard InChI is InChI=1S/C15H32Si3/c1-16(2,3)13-11-10-12-14(17(4,5)6)15(13)18(7,8)9/h11H,10,12H2,1-9H3. The molecule has 0 fully saturated rings. The molecule has 0 radical (unpaired) electrons. The molecule has 0 N–H and O–H groups in total. The minimum Gasteiger partial charge on any atom is -0.0851 e. The third kappa shape index (κ3) is 3.58. The molecule has 104 valence electrons. The Hall–Kier alpha value is 0.131. The molecule has 1 rings (SSSR count). The van der Waals surface area contributed by atoms with E-state index in [2.05, 4.69) is 65.0 Å². The van der Waals surface area contributed by atoms with Gasteiger partial charge in [-0.15, -0.1) is 0 Å². The summed E-state index contributed by atoms with van der Waals surface area (Å²) in [4.78, 5) is 0. The van der Waals surface area contributed by atoms with Gasteiger partial charge < -0.3 is 0 Å². The second kappa shape index (κ2) is 4.91. The quantitative estimate of drug-likeness (QED) is 0.592. The lowest BCUT2D eigenvalue weighted by Gasteiger charge is -2.39. The Labute approximate surface area is 118 Å². The van der Waals surface area contributed by atoms with E-state index in [0.29, 0.717) is 0 Å². The highest BCUT2D eigenvalue weighted by Gasteiger charge is 2.37. The molecule has 0 heterocycles. The molecule has 0 nitrogen and oxygen atoms in total. The van der Waals surface area contributed by atoms with Gasteiger partial charge in [0.1, 0.15) is 0 Å². The van der Waals surface area contributed by atoms with Crippen LogP contribution in [0.5, 0.6) is 0 Å². The van der Waals surface area contributed by atoms with Gasteiger partial charge in [0.05, 0.1) is 24.2 Å². The van der Waals surface area contributed by atoms with Crippen molar-refractivity contribution in [3.05, 3.63) is 21.7 Å². The average molecular weight is 297 g/mol. The Bertz CT molecular complexity index is 381. The van der Waals surface area contributed by atoms with Crippen LogP contribution in [0, 0.1) is 0 Å². The first kappa shape index (κ1) is 16.2. The van der Waals surface area contributed by atoms with Gasteiger partial charge in [-0.1, -0.05) is 80.6 Å². The third-order valence-electron chi connectivity index (χ3n) is 3.78. The van der Waals surface area contributed by atoms with Gasteiger partial charge in [0.25, 0.3) is 0 Å². The van der Waals surface area contributed by atoms with Crippen molar-refractivity contribution in [3.63, 3.8) is 0 Å². The highest BCUT2D eigenvalue weighted by molar-refractivity contribution is 6.95. The van der Waals surface area contributed by atoms with E-state index in [0.717, 1.165) is 0 Å². The number of allylic oxidation sites excluding steroid dienone is 4. The molecule has 0 bridgehead atoms. The van der Waals surface area contributed by atoms with Gasteiger partial charge in [-0.2, -0.15) is 0 Å². The number of hydrogen-bond acceptors (Lipinski definition) is 0. The third-order valence-corrected chi connectivity index (χ3v) is 10.7. The molecule has 18 heavy (non-hydrogen) atoms. The fraction of sp³-hybridized carbons (Fsp3) is 0.733. The zero-order valence-electron chi connectivity index (χ0n) is 14.0. The molecule has 0 aromatic heterocycles. The van der Waals surface area contributed by atoms with Crippen LogP contribution in [0.25, 0.3) is 0 Å². The van der Waals surface area contributed by atoms with Crippen LogP contribution < -0.4 is 0 Å². The lowest BCUT2D eigenvalue weighted by Crippen LogP contribution is -2.41. The first-order chi connectivity index (χ1) is 7.85. The average Bonchev–Trinajstić information content (AvgIpc) is 2.12. The maximum Gasteiger partial charge on any atom is 0.0770 e. The highest BCUT2D eigenvalue weighted by atomic mass is 28.3. The van der Waals surface area contributed by atoms with E-state index < -0.39 is 24.2 Å². The van der Waals surface area contributed by atoms with Gasteiger partial charge in [0.15, 0.2) is 0 Å². The van der Waals surface area contributed by atoms with Crippen molar-refractivity contribution in [1.82, 2.24) is 0 Å². The molecule has 0 aromatic carbocycles. The molecule has 0 amide bonds. The van der Waals surface area contributed by atoms with Crippen molar-refractivity contribution in [2.75, 3.05) is 0 Å². The predicted molar refractivity (Wildman–Crippen MR) is 94.4 cm³/mol. The van der Waals surface area contributed by atoms with Gasteiger partial charge in [-0.05, 0) is 12.8 Å². The summed E-state index contributed by atoms with van der Waals surface area (Å²) in [6.07, 6.45) is 5.25. The van der Waals surface area contributed by atoms with Crippen molar-refractivity contribution in [2.24, 2.45) is 0 Å². The fourth-order valence-electron chi connectivity index (χ4n) is 3.04. The van der Waals surface area contributed by atoms with Gasteiger partial charge in [0, 0.05) is 0 Å². The van der Waals surface area contributed by atoms with Crippen molar-refractivity contribution in [3.8, 4) is 0 Å². The fourth-order valence-corrected chi connectivity index (χ4v) is 13.0. The molecule has 0 saturated heterocycles. The summed E-state index contributed by atoms with van der Waals surface area (Å²) in [5, 5.41) is 5.60. The van der Waals surface area contributed by atoms with Gasteiger partial charge in [-0.25, -0.2) is 0 Å². The Morgan fingerprint density at radius 1 is 0.722 bits per heavy atom. The Morgan fingerprint density at radius 2 is 1.22 bits per heavy atom. The van der Waals surface area contributed by atoms with E-state index in [1.165, 1.54) is 12.8 Å². The van der Waals surface area contributed by atoms with Crippen molar-refractivity contribution in [2.45, 2.75) is 71.8 Å². The molecule has 0 spiro atoms. The number of rotatable bonds is 3. The van der Waals surface area contributed by atoms with E-state index >= 15 is 0 Å². The predicted octanol–water partition coefficient (Wildman–Crippen LogP) is 5.64. The number of hydrogen-bond donors (Lipinski definition) is 0. The second-order valence-electron chi connectivity index (χ2n) is 8.76. The van der Waals surface area contributed by atoms with Crippen LogP contribution in [0.3, 0.4) is 0 Å². The first-order valence-corrected chi connectivity index (χ1v) is 17.8. The summed E-state index contributed by atoms with van der Waals surface area (Å²) in [7, 11) is -3.57. The maximum absolute atomic E-state index is 2.60. The largest absolute Gasteiger partial charge is 0.0851 e. The van der Waals surface area contributed by atoms with E-state index in [1.807, 2.05) is 15.6 Å². The monoisotopic (exact) mass is 296 g/mol. The molecular formula is C15H32Si3.